The van der Waals surface area contributed by atoms with Crippen molar-refractivity contribution >= 4 is 0 Å². The van der Waals surface area contributed by atoms with Crippen molar-refractivity contribution in [3.8, 4) is 5.69 Å². The number of likely N-dealkylation sites (tertiary alicyclic amines) is 1. The quantitative estimate of drug-likeness (QED) is 0.864. The summed E-state index contributed by atoms with van der Waals surface area (Å²) in [5.41, 5.74) is 1.03. The molecule has 0 spiro atoms. The van der Waals surface area contributed by atoms with E-state index in [0.29, 0.717) is 19.3 Å². The van der Waals surface area contributed by atoms with E-state index < -0.39 is 0 Å². The molecule has 2 aliphatic heterocycles. The number of rotatable bonds is 4. The van der Waals surface area contributed by atoms with E-state index in [1.165, 1.54) is 12.8 Å². The van der Waals surface area contributed by atoms with Gasteiger partial charge in [0.2, 0.25) is 0 Å². The van der Waals surface area contributed by atoms with Crippen molar-refractivity contribution in [1.29, 1.82) is 0 Å². The van der Waals surface area contributed by atoms with Crippen LogP contribution in [0.1, 0.15) is 25.1 Å². The molecule has 1 atom stereocenters. The van der Waals surface area contributed by atoms with Gasteiger partial charge >= 0.3 is 0 Å². The summed E-state index contributed by atoms with van der Waals surface area (Å²) in [4.78, 5) is 6.88. The molecule has 2 saturated heterocycles. The molecule has 1 aromatic carbocycles. The zero-order valence-electron chi connectivity index (χ0n) is 13.2. The van der Waals surface area contributed by atoms with Crippen molar-refractivity contribution in [3.63, 3.8) is 0 Å². The van der Waals surface area contributed by atoms with Gasteiger partial charge in [-0.05, 0) is 31.5 Å². The average Bonchev–Trinajstić information content (AvgIpc) is 3.28. The molecule has 3 heterocycles. The molecule has 0 saturated carbocycles. The summed E-state index contributed by atoms with van der Waals surface area (Å²) in [6.45, 7) is 3.20. The van der Waals surface area contributed by atoms with Gasteiger partial charge in [-0.1, -0.05) is 24.6 Å². The number of ether oxygens (including phenoxy) is 2. The summed E-state index contributed by atoms with van der Waals surface area (Å²) < 4.78 is 13.3. The molecule has 122 valence electrons. The first kappa shape index (κ1) is 14.8. The van der Waals surface area contributed by atoms with Crippen LogP contribution in [0.25, 0.3) is 5.69 Å². The Morgan fingerprint density at radius 2 is 1.91 bits per heavy atom. The molecule has 0 amide bonds. The maximum absolute atomic E-state index is 5.72. The Morgan fingerprint density at radius 1 is 1.09 bits per heavy atom. The largest absolute Gasteiger partial charge is 0.349 e. The summed E-state index contributed by atoms with van der Waals surface area (Å²) in [6.07, 6.45) is 5.25. The first-order chi connectivity index (χ1) is 11.4. The maximum Gasteiger partial charge on any atom is 0.173 e. The molecular weight excluding hydrogens is 292 g/mol. The van der Waals surface area contributed by atoms with Crippen LogP contribution in [-0.4, -0.2) is 51.8 Å². The third-order valence-electron chi connectivity index (χ3n) is 4.53. The van der Waals surface area contributed by atoms with Crippen LogP contribution < -0.4 is 0 Å². The van der Waals surface area contributed by atoms with E-state index in [4.69, 9.17) is 9.47 Å². The second-order valence-corrected chi connectivity index (χ2v) is 6.08. The summed E-state index contributed by atoms with van der Waals surface area (Å²) in [5.74, 6) is 0.846. The summed E-state index contributed by atoms with van der Waals surface area (Å²) in [7, 11) is 0. The van der Waals surface area contributed by atoms with Gasteiger partial charge in [0.15, 0.2) is 12.1 Å². The number of piperidine rings is 1. The molecule has 0 unspecified atom stereocenters. The fourth-order valence-electron chi connectivity index (χ4n) is 3.38. The highest BCUT2D eigenvalue weighted by atomic mass is 16.7. The Kier molecular flexibility index (Phi) is 4.37. The third-order valence-corrected chi connectivity index (χ3v) is 4.53. The fourth-order valence-corrected chi connectivity index (χ4v) is 3.38. The Morgan fingerprint density at radius 3 is 2.74 bits per heavy atom. The zero-order chi connectivity index (χ0) is 15.5. The minimum Gasteiger partial charge on any atom is -0.349 e. The van der Waals surface area contributed by atoms with E-state index in [9.17, 15) is 0 Å². The van der Waals surface area contributed by atoms with Crippen LogP contribution in [0.15, 0.2) is 36.7 Å². The van der Waals surface area contributed by atoms with Crippen LogP contribution in [0.5, 0.6) is 0 Å². The summed E-state index contributed by atoms with van der Waals surface area (Å²) >= 11 is 0. The summed E-state index contributed by atoms with van der Waals surface area (Å²) in [5, 5.41) is 4.62. The smallest absolute Gasteiger partial charge is 0.173 e. The molecule has 4 rings (SSSR count). The minimum absolute atomic E-state index is 0.0912. The van der Waals surface area contributed by atoms with E-state index >= 15 is 0 Å². The molecule has 0 radical (unpaired) electrons. The topological polar surface area (TPSA) is 52.4 Å². The highest BCUT2D eigenvalue weighted by molar-refractivity contribution is 5.29. The van der Waals surface area contributed by atoms with Crippen LogP contribution in [-0.2, 0) is 16.0 Å². The van der Waals surface area contributed by atoms with Gasteiger partial charge < -0.3 is 9.47 Å². The lowest BCUT2D eigenvalue weighted by molar-refractivity contribution is -0.111. The van der Waals surface area contributed by atoms with Gasteiger partial charge in [-0.25, -0.2) is 9.67 Å². The van der Waals surface area contributed by atoms with E-state index in [0.717, 1.165) is 31.0 Å². The first-order valence-electron chi connectivity index (χ1n) is 8.33. The fraction of sp³-hybridized carbons (Fsp3) is 0.529. The molecule has 6 heteroatoms. The number of para-hydroxylation sites is 1. The lowest BCUT2D eigenvalue weighted by Crippen LogP contribution is -2.46. The Balaban J connectivity index is 1.47. The molecule has 2 aliphatic rings. The number of hydrogen-bond acceptors (Lipinski definition) is 5. The Bertz CT molecular complexity index is 625. The Labute approximate surface area is 136 Å². The van der Waals surface area contributed by atoms with Crippen LogP contribution >= 0.6 is 0 Å². The van der Waals surface area contributed by atoms with Crippen molar-refractivity contribution in [3.05, 3.63) is 42.5 Å². The standard InChI is InChI=1S/C17H22N4O2/c1-2-6-14(7-3-1)21-13-18-16(19-21)12-20-9-5-4-8-15(20)17-22-10-11-23-17/h1-3,6-7,13,15,17H,4-5,8-12H2/t15-/m0/s1. The van der Waals surface area contributed by atoms with Crippen LogP contribution in [0.2, 0.25) is 0 Å². The van der Waals surface area contributed by atoms with Crippen molar-refractivity contribution in [1.82, 2.24) is 19.7 Å². The van der Waals surface area contributed by atoms with Crippen molar-refractivity contribution in [2.75, 3.05) is 19.8 Å². The van der Waals surface area contributed by atoms with Gasteiger partial charge in [-0.2, -0.15) is 0 Å². The van der Waals surface area contributed by atoms with Crippen LogP contribution in [0.4, 0.5) is 0 Å². The van der Waals surface area contributed by atoms with Crippen LogP contribution in [0.3, 0.4) is 0 Å². The van der Waals surface area contributed by atoms with Gasteiger partial charge in [0.25, 0.3) is 0 Å². The predicted molar refractivity (Wildman–Crippen MR) is 85.1 cm³/mol. The second kappa shape index (κ2) is 6.78. The highest BCUT2D eigenvalue weighted by Crippen LogP contribution is 2.25. The maximum atomic E-state index is 5.72. The molecule has 23 heavy (non-hydrogen) atoms. The van der Waals surface area contributed by atoms with Crippen molar-refractivity contribution < 1.29 is 9.47 Å². The normalized spacial score (nSPS) is 23.4. The third kappa shape index (κ3) is 3.29. The minimum atomic E-state index is -0.0912. The highest BCUT2D eigenvalue weighted by Gasteiger charge is 2.34. The molecule has 0 bridgehead atoms. The van der Waals surface area contributed by atoms with Gasteiger partial charge in [0.05, 0.1) is 31.5 Å². The zero-order valence-corrected chi connectivity index (χ0v) is 13.2. The van der Waals surface area contributed by atoms with Gasteiger partial charge in [-0.3, -0.25) is 4.90 Å². The Hall–Kier alpha value is -1.76. The number of benzene rings is 1. The molecule has 2 aromatic rings. The van der Waals surface area contributed by atoms with Crippen molar-refractivity contribution in [2.45, 2.75) is 38.1 Å². The lowest BCUT2D eigenvalue weighted by atomic mass is 10.0. The predicted octanol–water partition coefficient (Wildman–Crippen LogP) is 1.99. The van der Waals surface area contributed by atoms with Crippen molar-refractivity contribution in [2.24, 2.45) is 0 Å². The monoisotopic (exact) mass is 314 g/mol. The molecule has 2 fully saturated rings. The number of nitrogens with zero attached hydrogens (tertiary/aromatic N) is 4. The van der Waals surface area contributed by atoms with Gasteiger partial charge in [0, 0.05) is 0 Å². The van der Waals surface area contributed by atoms with Crippen LogP contribution in [0, 0.1) is 0 Å². The van der Waals surface area contributed by atoms with Gasteiger partial charge in [0.1, 0.15) is 6.33 Å². The van der Waals surface area contributed by atoms with E-state index in [1.807, 2.05) is 35.0 Å². The van der Waals surface area contributed by atoms with E-state index in [-0.39, 0.29) is 6.29 Å². The van der Waals surface area contributed by atoms with Gasteiger partial charge in [-0.15, -0.1) is 5.10 Å². The molecule has 6 nitrogen and oxygen atoms in total. The molecule has 0 N–H and O–H groups in total. The number of aromatic nitrogens is 3. The summed E-state index contributed by atoms with van der Waals surface area (Å²) in [6, 6.07) is 10.4. The number of hydrogen-bond donors (Lipinski definition) is 0. The first-order valence-corrected chi connectivity index (χ1v) is 8.33. The van der Waals surface area contributed by atoms with E-state index in [1.54, 1.807) is 6.33 Å². The second-order valence-electron chi connectivity index (χ2n) is 6.08. The molecule has 1 aromatic heterocycles. The lowest BCUT2D eigenvalue weighted by Gasteiger charge is -2.37. The van der Waals surface area contributed by atoms with E-state index in [2.05, 4.69) is 15.0 Å². The molecule has 0 aliphatic carbocycles. The SMILES string of the molecule is c1ccc(-n2cnc(CN3CCCC[C@H]3C3OCCO3)n2)cc1. The average molecular weight is 314 g/mol. The molecular formula is C17H22N4O2.